The van der Waals surface area contributed by atoms with E-state index in [1.165, 1.54) is 0 Å². The van der Waals surface area contributed by atoms with Gasteiger partial charge in [-0.15, -0.1) is 0 Å². The Morgan fingerprint density at radius 2 is 2.50 bits per heavy atom. The minimum Gasteiger partial charge on any atom is -0.337 e. The maximum Gasteiger partial charge on any atom is 0.199 e. The van der Waals surface area contributed by atoms with E-state index in [9.17, 15) is 4.79 Å². The first-order valence-corrected chi connectivity index (χ1v) is 4.00. The van der Waals surface area contributed by atoms with Crippen LogP contribution in [-0.2, 0) is 13.5 Å². The van der Waals surface area contributed by atoms with Gasteiger partial charge in [0.2, 0.25) is 0 Å². The van der Waals surface area contributed by atoms with Gasteiger partial charge in [0.1, 0.15) is 5.69 Å². The van der Waals surface area contributed by atoms with Gasteiger partial charge in [-0.3, -0.25) is 4.79 Å². The molecule has 2 rings (SSSR count). The van der Waals surface area contributed by atoms with E-state index >= 15 is 0 Å². The molecule has 0 saturated heterocycles. The Balaban J connectivity index is 2.50. The Morgan fingerprint density at radius 3 is 3.25 bits per heavy atom. The minimum absolute atomic E-state index is 0.0168. The predicted octanol–water partition coefficient (Wildman–Crippen LogP) is -0.124. The minimum atomic E-state index is -0.340. The molecule has 1 aromatic heterocycles. The van der Waals surface area contributed by atoms with Gasteiger partial charge in [-0.05, 0) is 12.8 Å². The van der Waals surface area contributed by atoms with Gasteiger partial charge in [-0.25, -0.2) is 4.98 Å². The van der Waals surface area contributed by atoms with Crippen LogP contribution in [0.15, 0.2) is 6.33 Å². The molecule has 64 valence electrons. The number of imidazole rings is 1. The number of ketones is 1. The molecule has 2 N–H and O–H groups in total. The highest BCUT2D eigenvalue weighted by Gasteiger charge is 2.27. The summed E-state index contributed by atoms with van der Waals surface area (Å²) in [5.74, 6) is -0.0168. The van der Waals surface area contributed by atoms with Crippen LogP contribution < -0.4 is 5.73 Å². The van der Waals surface area contributed by atoms with Crippen molar-refractivity contribution in [2.24, 2.45) is 12.8 Å². The van der Waals surface area contributed by atoms with E-state index in [1.807, 2.05) is 11.6 Å². The van der Waals surface area contributed by atoms with E-state index < -0.39 is 0 Å². The fourth-order valence-electron chi connectivity index (χ4n) is 1.56. The number of hydrogen-bond donors (Lipinski definition) is 1. The molecule has 1 aliphatic rings. The third-order valence-corrected chi connectivity index (χ3v) is 2.32. The Labute approximate surface area is 70.4 Å². The van der Waals surface area contributed by atoms with E-state index in [0.29, 0.717) is 5.69 Å². The van der Waals surface area contributed by atoms with Crippen molar-refractivity contribution in [2.75, 3.05) is 0 Å². The van der Waals surface area contributed by atoms with Crippen molar-refractivity contribution in [3.63, 3.8) is 0 Å². The first kappa shape index (κ1) is 7.49. The summed E-state index contributed by atoms with van der Waals surface area (Å²) in [5, 5.41) is 0. The molecule has 12 heavy (non-hydrogen) atoms. The molecule has 4 heteroatoms. The number of Topliss-reactive ketones (excluding diaryl/α,β-unsaturated/α-hetero) is 1. The molecule has 1 heterocycles. The number of fused-ring (bicyclic) bond motifs is 1. The predicted molar refractivity (Wildman–Crippen MR) is 43.8 cm³/mol. The van der Waals surface area contributed by atoms with Gasteiger partial charge < -0.3 is 10.3 Å². The lowest BCUT2D eigenvalue weighted by atomic mass is 9.95. The largest absolute Gasteiger partial charge is 0.337 e. The molecule has 0 spiro atoms. The average Bonchev–Trinajstić information content (AvgIpc) is 2.41. The van der Waals surface area contributed by atoms with Crippen molar-refractivity contribution in [1.82, 2.24) is 9.55 Å². The number of aromatic nitrogens is 2. The van der Waals surface area contributed by atoms with Crippen LogP contribution in [0.4, 0.5) is 0 Å². The summed E-state index contributed by atoms with van der Waals surface area (Å²) in [6.07, 6.45) is 3.27. The topological polar surface area (TPSA) is 60.9 Å². The number of nitrogens with zero attached hydrogens (tertiary/aromatic N) is 2. The first-order chi connectivity index (χ1) is 5.70. The second kappa shape index (κ2) is 2.42. The van der Waals surface area contributed by atoms with Crippen LogP contribution in [0.1, 0.15) is 22.6 Å². The highest BCUT2D eigenvalue weighted by molar-refractivity contribution is 6.00. The standard InChI is InChI=1S/C8H11N3O/c1-11-4-10-7-6(11)3-2-5(9)8(7)12/h4-5H,2-3,9H2,1H3. The third kappa shape index (κ3) is 0.881. The van der Waals surface area contributed by atoms with Gasteiger partial charge in [0.05, 0.1) is 12.4 Å². The summed E-state index contributed by atoms with van der Waals surface area (Å²) in [5.41, 5.74) is 7.18. The zero-order chi connectivity index (χ0) is 8.72. The fraction of sp³-hybridized carbons (Fsp3) is 0.500. The first-order valence-electron chi connectivity index (χ1n) is 4.00. The molecule has 0 radical (unpaired) electrons. The molecule has 0 aromatic carbocycles. The van der Waals surface area contributed by atoms with Gasteiger partial charge in [0.25, 0.3) is 0 Å². The number of aryl methyl sites for hydroxylation is 1. The van der Waals surface area contributed by atoms with E-state index in [1.54, 1.807) is 6.33 Å². The highest BCUT2D eigenvalue weighted by atomic mass is 16.1. The van der Waals surface area contributed by atoms with Crippen molar-refractivity contribution in [3.8, 4) is 0 Å². The Hall–Kier alpha value is -1.16. The van der Waals surface area contributed by atoms with Crippen LogP contribution in [0.5, 0.6) is 0 Å². The van der Waals surface area contributed by atoms with Crippen LogP contribution in [0.25, 0.3) is 0 Å². The lowest BCUT2D eigenvalue weighted by Crippen LogP contribution is -2.35. The van der Waals surface area contributed by atoms with Crippen LogP contribution in [0.2, 0.25) is 0 Å². The molecule has 1 aromatic rings. The number of hydrogen-bond acceptors (Lipinski definition) is 3. The van der Waals surface area contributed by atoms with Crippen molar-refractivity contribution in [3.05, 3.63) is 17.7 Å². The molecule has 4 nitrogen and oxygen atoms in total. The highest BCUT2D eigenvalue weighted by Crippen LogP contribution is 2.18. The zero-order valence-corrected chi connectivity index (χ0v) is 6.95. The molecule has 1 aliphatic carbocycles. The van der Waals surface area contributed by atoms with Crippen molar-refractivity contribution in [2.45, 2.75) is 18.9 Å². The lowest BCUT2D eigenvalue weighted by Gasteiger charge is -2.16. The summed E-state index contributed by atoms with van der Waals surface area (Å²) < 4.78 is 1.89. The van der Waals surface area contributed by atoms with Crippen LogP contribution in [0, 0.1) is 0 Å². The van der Waals surface area contributed by atoms with E-state index in [-0.39, 0.29) is 11.8 Å². The molecule has 0 amide bonds. The zero-order valence-electron chi connectivity index (χ0n) is 6.95. The lowest BCUT2D eigenvalue weighted by molar-refractivity contribution is 0.0943. The Morgan fingerprint density at radius 1 is 1.75 bits per heavy atom. The van der Waals surface area contributed by atoms with Gasteiger partial charge in [-0.2, -0.15) is 0 Å². The van der Waals surface area contributed by atoms with Gasteiger partial charge in [-0.1, -0.05) is 0 Å². The normalized spacial score (nSPS) is 22.5. The molecular weight excluding hydrogens is 154 g/mol. The second-order valence-corrected chi connectivity index (χ2v) is 3.16. The van der Waals surface area contributed by atoms with Gasteiger partial charge in [0.15, 0.2) is 5.78 Å². The molecule has 1 atom stereocenters. The maximum absolute atomic E-state index is 11.4. The van der Waals surface area contributed by atoms with Gasteiger partial charge in [0, 0.05) is 12.7 Å². The SMILES string of the molecule is Cn1cnc2c1CCC(N)C2=O. The summed E-state index contributed by atoms with van der Waals surface area (Å²) in [6.45, 7) is 0. The van der Waals surface area contributed by atoms with E-state index in [0.717, 1.165) is 18.5 Å². The molecule has 0 bridgehead atoms. The fourth-order valence-corrected chi connectivity index (χ4v) is 1.56. The number of nitrogens with two attached hydrogens (primary N) is 1. The number of rotatable bonds is 0. The van der Waals surface area contributed by atoms with Crippen molar-refractivity contribution < 1.29 is 4.79 Å². The van der Waals surface area contributed by atoms with Crippen molar-refractivity contribution in [1.29, 1.82) is 0 Å². The summed E-state index contributed by atoms with van der Waals surface area (Å²) in [4.78, 5) is 15.5. The molecule has 0 aliphatic heterocycles. The van der Waals surface area contributed by atoms with E-state index in [2.05, 4.69) is 4.98 Å². The Bertz CT molecular complexity index is 329. The molecule has 0 saturated carbocycles. The smallest absolute Gasteiger partial charge is 0.199 e. The van der Waals surface area contributed by atoms with Crippen LogP contribution >= 0.6 is 0 Å². The maximum atomic E-state index is 11.4. The number of carbonyl (C=O) groups is 1. The van der Waals surface area contributed by atoms with E-state index in [4.69, 9.17) is 5.73 Å². The monoisotopic (exact) mass is 165 g/mol. The second-order valence-electron chi connectivity index (χ2n) is 3.16. The van der Waals surface area contributed by atoms with Gasteiger partial charge >= 0.3 is 0 Å². The quantitative estimate of drug-likeness (QED) is 0.582. The van der Waals surface area contributed by atoms with Crippen LogP contribution in [0.3, 0.4) is 0 Å². The summed E-state index contributed by atoms with van der Waals surface area (Å²) >= 11 is 0. The molecular formula is C8H11N3O. The van der Waals surface area contributed by atoms with Crippen molar-refractivity contribution >= 4 is 5.78 Å². The summed E-state index contributed by atoms with van der Waals surface area (Å²) in [7, 11) is 1.90. The summed E-state index contributed by atoms with van der Waals surface area (Å²) in [6, 6.07) is -0.340. The molecule has 0 fully saturated rings. The number of carbonyl (C=O) groups excluding carboxylic acids is 1. The Kier molecular flexibility index (Phi) is 1.51. The average molecular weight is 165 g/mol. The molecule has 1 unspecified atom stereocenters. The van der Waals surface area contributed by atoms with Crippen LogP contribution in [-0.4, -0.2) is 21.4 Å². The third-order valence-electron chi connectivity index (χ3n) is 2.32.